The summed E-state index contributed by atoms with van der Waals surface area (Å²) in [5, 5.41) is 3.07. The van der Waals surface area contributed by atoms with Crippen LogP contribution in [0.5, 0.6) is 0 Å². The van der Waals surface area contributed by atoms with Crippen molar-refractivity contribution in [1.82, 2.24) is 5.32 Å². The van der Waals surface area contributed by atoms with Gasteiger partial charge in [-0.15, -0.1) is 11.6 Å². The zero-order valence-corrected chi connectivity index (χ0v) is 5.95. The van der Waals surface area contributed by atoms with E-state index < -0.39 is 0 Å². The SMILES string of the molecule is O=CC1(CCl)CCCN1. The molecule has 1 aliphatic rings. The Morgan fingerprint density at radius 3 is 2.78 bits per heavy atom. The predicted molar refractivity (Wildman–Crippen MR) is 36.8 cm³/mol. The Balaban J connectivity index is 2.55. The number of carbonyl (C=O) groups excluding carboxylic acids is 1. The van der Waals surface area contributed by atoms with Gasteiger partial charge >= 0.3 is 0 Å². The van der Waals surface area contributed by atoms with Crippen LogP contribution in [0, 0.1) is 0 Å². The van der Waals surface area contributed by atoms with E-state index in [1.165, 1.54) is 0 Å². The molecule has 9 heavy (non-hydrogen) atoms. The topological polar surface area (TPSA) is 29.1 Å². The lowest BCUT2D eigenvalue weighted by molar-refractivity contribution is -0.112. The second-order valence-corrected chi connectivity index (χ2v) is 2.71. The highest BCUT2D eigenvalue weighted by Gasteiger charge is 2.31. The molecule has 1 rings (SSSR count). The molecule has 1 fully saturated rings. The molecule has 0 amide bonds. The fraction of sp³-hybridized carbons (Fsp3) is 0.833. The monoisotopic (exact) mass is 147 g/mol. The van der Waals surface area contributed by atoms with E-state index in [9.17, 15) is 4.79 Å². The molecule has 1 atom stereocenters. The molecule has 0 aromatic heterocycles. The lowest BCUT2D eigenvalue weighted by Crippen LogP contribution is -2.43. The first-order chi connectivity index (χ1) is 4.33. The summed E-state index contributed by atoms with van der Waals surface area (Å²) in [6.45, 7) is 0.922. The van der Waals surface area contributed by atoms with Crippen molar-refractivity contribution >= 4 is 17.9 Å². The Morgan fingerprint density at radius 2 is 2.56 bits per heavy atom. The second kappa shape index (κ2) is 2.67. The molecule has 0 aromatic rings. The van der Waals surface area contributed by atoms with E-state index in [-0.39, 0.29) is 5.54 Å². The van der Waals surface area contributed by atoms with Crippen LogP contribution in [-0.4, -0.2) is 24.2 Å². The van der Waals surface area contributed by atoms with Gasteiger partial charge in [0.1, 0.15) is 6.29 Å². The van der Waals surface area contributed by atoms with Crippen LogP contribution in [-0.2, 0) is 4.79 Å². The Kier molecular flexibility index (Phi) is 2.09. The minimum Gasteiger partial charge on any atom is -0.304 e. The molecule has 1 N–H and O–H groups in total. The molecule has 3 heteroatoms. The summed E-state index contributed by atoms with van der Waals surface area (Å²) >= 11 is 5.57. The van der Waals surface area contributed by atoms with Gasteiger partial charge in [0, 0.05) is 5.88 Å². The van der Waals surface area contributed by atoms with Gasteiger partial charge in [-0.05, 0) is 19.4 Å². The average Bonchev–Trinajstić information content (AvgIpc) is 2.36. The Hall–Kier alpha value is -0.0800. The van der Waals surface area contributed by atoms with Crippen molar-refractivity contribution < 1.29 is 4.79 Å². The van der Waals surface area contributed by atoms with Gasteiger partial charge in [0.25, 0.3) is 0 Å². The maximum Gasteiger partial charge on any atom is 0.141 e. The van der Waals surface area contributed by atoms with Gasteiger partial charge in [0.05, 0.1) is 5.54 Å². The van der Waals surface area contributed by atoms with Crippen molar-refractivity contribution in [3.05, 3.63) is 0 Å². The van der Waals surface area contributed by atoms with E-state index in [2.05, 4.69) is 5.32 Å². The van der Waals surface area contributed by atoms with Gasteiger partial charge in [-0.1, -0.05) is 0 Å². The molecule has 1 unspecified atom stereocenters. The smallest absolute Gasteiger partial charge is 0.141 e. The average molecular weight is 148 g/mol. The quantitative estimate of drug-likeness (QED) is 0.457. The highest BCUT2D eigenvalue weighted by Crippen LogP contribution is 2.17. The summed E-state index contributed by atoms with van der Waals surface area (Å²) in [6, 6.07) is 0. The van der Waals surface area contributed by atoms with Crippen LogP contribution in [0.25, 0.3) is 0 Å². The minimum absolute atomic E-state index is 0.387. The summed E-state index contributed by atoms with van der Waals surface area (Å²) < 4.78 is 0. The third-order valence-corrected chi connectivity index (χ3v) is 2.22. The highest BCUT2D eigenvalue weighted by molar-refractivity contribution is 6.19. The number of carbonyl (C=O) groups is 1. The highest BCUT2D eigenvalue weighted by atomic mass is 35.5. The Morgan fingerprint density at radius 1 is 1.78 bits per heavy atom. The lowest BCUT2D eigenvalue weighted by Gasteiger charge is -2.17. The molecule has 0 saturated carbocycles. The summed E-state index contributed by atoms with van der Waals surface area (Å²) in [5.74, 6) is 0.399. The molecule has 0 spiro atoms. The second-order valence-electron chi connectivity index (χ2n) is 2.44. The number of aldehydes is 1. The molecule has 1 aliphatic heterocycles. The van der Waals surface area contributed by atoms with Crippen molar-refractivity contribution in [2.45, 2.75) is 18.4 Å². The first kappa shape index (κ1) is 7.03. The molecule has 52 valence electrons. The van der Waals surface area contributed by atoms with Gasteiger partial charge in [0.15, 0.2) is 0 Å². The first-order valence-corrected chi connectivity index (χ1v) is 3.64. The molecule has 0 bridgehead atoms. The van der Waals surface area contributed by atoms with Crippen molar-refractivity contribution in [3.8, 4) is 0 Å². The summed E-state index contributed by atoms with van der Waals surface area (Å²) in [4.78, 5) is 10.4. The van der Waals surface area contributed by atoms with E-state index in [0.29, 0.717) is 5.88 Å². The van der Waals surface area contributed by atoms with Crippen molar-refractivity contribution in [2.75, 3.05) is 12.4 Å². The molecule has 0 aliphatic carbocycles. The van der Waals surface area contributed by atoms with Crippen LogP contribution in [0.15, 0.2) is 0 Å². The molecule has 1 saturated heterocycles. The minimum atomic E-state index is -0.387. The number of hydrogen-bond acceptors (Lipinski definition) is 2. The molecular weight excluding hydrogens is 138 g/mol. The van der Waals surface area contributed by atoms with Crippen LogP contribution >= 0.6 is 11.6 Å². The standard InChI is InChI=1S/C6H10ClNO/c7-4-6(5-9)2-1-3-8-6/h5,8H,1-4H2. The van der Waals surface area contributed by atoms with E-state index >= 15 is 0 Å². The largest absolute Gasteiger partial charge is 0.304 e. The van der Waals surface area contributed by atoms with Crippen molar-refractivity contribution in [2.24, 2.45) is 0 Å². The van der Waals surface area contributed by atoms with Crippen LogP contribution in [0.4, 0.5) is 0 Å². The molecule has 2 nitrogen and oxygen atoms in total. The zero-order valence-electron chi connectivity index (χ0n) is 5.19. The number of rotatable bonds is 2. The molecule has 0 aromatic carbocycles. The number of nitrogens with one attached hydrogen (secondary N) is 1. The van der Waals surface area contributed by atoms with Gasteiger partial charge in [-0.3, -0.25) is 0 Å². The van der Waals surface area contributed by atoms with E-state index in [1.54, 1.807) is 0 Å². The van der Waals surface area contributed by atoms with E-state index in [4.69, 9.17) is 11.6 Å². The first-order valence-electron chi connectivity index (χ1n) is 3.10. The summed E-state index contributed by atoms with van der Waals surface area (Å²) in [7, 11) is 0. The van der Waals surface area contributed by atoms with E-state index in [0.717, 1.165) is 25.7 Å². The Labute approximate surface area is 59.6 Å². The van der Waals surface area contributed by atoms with E-state index in [1.807, 2.05) is 0 Å². The zero-order chi connectivity index (χ0) is 6.74. The maximum absolute atomic E-state index is 10.4. The Bertz CT molecular complexity index is 110. The van der Waals surface area contributed by atoms with Crippen LogP contribution in [0.3, 0.4) is 0 Å². The fourth-order valence-electron chi connectivity index (χ4n) is 1.08. The van der Waals surface area contributed by atoms with Crippen LogP contribution in [0.1, 0.15) is 12.8 Å². The van der Waals surface area contributed by atoms with Gasteiger partial charge in [-0.25, -0.2) is 0 Å². The normalized spacial score (nSPS) is 34.8. The molecule has 1 heterocycles. The van der Waals surface area contributed by atoms with Gasteiger partial charge in [0.2, 0.25) is 0 Å². The van der Waals surface area contributed by atoms with Gasteiger partial charge < -0.3 is 10.1 Å². The third kappa shape index (κ3) is 1.25. The number of halogens is 1. The third-order valence-electron chi connectivity index (χ3n) is 1.74. The van der Waals surface area contributed by atoms with Gasteiger partial charge in [-0.2, -0.15) is 0 Å². The molecular formula is C6H10ClNO. The summed E-state index contributed by atoms with van der Waals surface area (Å²) in [5.41, 5.74) is -0.387. The number of alkyl halides is 1. The van der Waals surface area contributed by atoms with Crippen LogP contribution < -0.4 is 5.32 Å². The maximum atomic E-state index is 10.4. The van der Waals surface area contributed by atoms with Crippen LogP contribution in [0.2, 0.25) is 0 Å². The fourth-order valence-corrected chi connectivity index (χ4v) is 1.37. The van der Waals surface area contributed by atoms with Crippen molar-refractivity contribution in [1.29, 1.82) is 0 Å². The predicted octanol–water partition coefficient (Wildman–Crippen LogP) is 0.546. The van der Waals surface area contributed by atoms with Crippen molar-refractivity contribution in [3.63, 3.8) is 0 Å². The molecule has 0 radical (unpaired) electrons. The lowest BCUT2D eigenvalue weighted by atomic mass is 10.0. The number of hydrogen-bond donors (Lipinski definition) is 1. The summed E-state index contributed by atoms with van der Waals surface area (Å²) in [6.07, 6.45) is 2.87.